The fourth-order valence-electron chi connectivity index (χ4n) is 1.25. The first-order chi connectivity index (χ1) is 8.63. The van der Waals surface area contributed by atoms with Gasteiger partial charge in [0.15, 0.2) is 0 Å². The molecule has 0 aromatic heterocycles. The number of carbonyl (C=O) groups is 1. The summed E-state index contributed by atoms with van der Waals surface area (Å²) in [5, 5.41) is 3.28. The molecule has 100 valence electrons. The van der Waals surface area contributed by atoms with E-state index in [0.29, 0.717) is 30.5 Å². The van der Waals surface area contributed by atoms with Gasteiger partial charge in [0.05, 0.1) is 23.9 Å². The van der Waals surface area contributed by atoms with Gasteiger partial charge in [-0.1, -0.05) is 11.6 Å². The van der Waals surface area contributed by atoms with Gasteiger partial charge in [0.25, 0.3) is 0 Å². The predicted molar refractivity (Wildman–Crippen MR) is 67.4 cm³/mol. The van der Waals surface area contributed by atoms with Gasteiger partial charge in [-0.3, -0.25) is 0 Å². The minimum atomic E-state index is -0.391. The molecule has 0 bridgehead atoms. The lowest BCUT2D eigenvalue weighted by Crippen LogP contribution is -2.16. The molecule has 4 nitrogen and oxygen atoms in total. The Labute approximate surface area is 110 Å². The van der Waals surface area contributed by atoms with E-state index < -0.39 is 5.97 Å². The molecule has 0 fully saturated rings. The van der Waals surface area contributed by atoms with Gasteiger partial charge in [0.1, 0.15) is 12.4 Å². The summed E-state index contributed by atoms with van der Waals surface area (Å²) >= 11 is 5.82. The summed E-state index contributed by atoms with van der Waals surface area (Å²) in [6.07, 6.45) is 0. The second-order valence-electron chi connectivity index (χ2n) is 3.41. The van der Waals surface area contributed by atoms with Crippen LogP contribution in [0, 0.1) is 5.82 Å². The second-order valence-corrected chi connectivity index (χ2v) is 3.82. The van der Waals surface area contributed by atoms with Crippen LogP contribution in [0.4, 0.5) is 10.1 Å². The van der Waals surface area contributed by atoms with Crippen LogP contribution in [0.2, 0.25) is 5.02 Å². The second kappa shape index (κ2) is 7.89. The molecule has 0 heterocycles. The van der Waals surface area contributed by atoms with Gasteiger partial charge in [-0.05, 0) is 25.1 Å². The highest BCUT2D eigenvalue weighted by atomic mass is 35.5. The fourth-order valence-corrected chi connectivity index (χ4v) is 1.48. The zero-order valence-electron chi connectivity index (χ0n) is 10.0. The normalized spacial score (nSPS) is 10.2. The molecule has 1 N–H and O–H groups in total. The van der Waals surface area contributed by atoms with E-state index in [4.69, 9.17) is 21.1 Å². The number of rotatable bonds is 7. The standard InChI is InChI=1S/C12H15ClFNO3/c1-2-18-12(16)8-17-6-5-15-11-4-3-9(14)7-10(11)13/h3-4,7,15H,2,5-6,8H2,1H3. The minimum absolute atomic E-state index is 0.0767. The first-order valence-electron chi connectivity index (χ1n) is 5.55. The maximum Gasteiger partial charge on any atom is 0.332 e. The molecule has 0 atom stereocenters. The van der Waals surface area contributed by atoms with Crippen molar-refractivity contribution in [1.82, 2.24) is 0 Å². The molecule has 0 saturated heterocycles. The van der Waals surface area contributed by atoms with Crippen LogP contribution in [-0.2, 0) is 14.3 Å². The molecule has 0 aliphatic carbocycles. The number of nitrogens with one attached hydrogen (secondary N) is 1. The molecule has 1 aromatic carbocycles. The van der Waals surface area contributed by atoms with Crippen LogP contribution in [0.5, 0.6) is 0 Å². The number of ether oxygens (including phenoxy) is 2. The Bertz CT molecular complexity index is 401. The zero-order chi connectivity index (χ0) is 13.4. The molecule has 1 rings (SSSR count). The van der Waals surface area contributed by atoms with E-state index in [1.54, 1.807) is 13.0 Å². The maximum atomic E-state index is 12.8. The molecule has 18 heavy (non-hydrogen) atoms. The van der Waals surface area contributed by atoms with Crippen LogP contribution < -0.4 is 5.32 Å². The molecule has 0 unspecified atom stereocenters. The van der Waals surface area contributed by atoms with Crippen LogP contribution in [0.25, 0.3) is 0 Å². The SMILES string of the molecule is CCOC(=O)COCCNc1ccc(F)cc1Cl. The molecular weight excluding hydrogens is 261 g/mol. The highest BCUT2D eigenvalue weighted by Gasteiger charge is 2.02. The number of halogens is 2. The van der Waals surface area contributed by atoms with Crippen molar-refractivity contribution in [2.75, 3.05) is 31.7 Å². The fraction of sp³-hybridized carbons (Fsp3) is 0.417. The summed E-state index contributed by atoms with van der Waals surface area (Å²) in [6, 6.07) is 4.08. The van der Waals surface area contributed by atoms with Crippen molar-refractivity contribution >= 4 is 23.3 Å². The van der Waals surface area contributed by atoms with Gasteiger partial charge in [-0.2, -0.15) is 0 Å². The summed E-state index contributed by atoms with van der Waals surface area (Å²) < 4.78 is 22.5. The van der Waals surface area contributed by atoms with Crippen molar-refractivity contribution in [3.05, 3.63) is 29.0 Å². The first-order valence-corrected chi connectivity index (χ1v) is 5.93. The third kappa shape index (κ3) is 5.33. The highest BCUT2D eigenvalue weighted by molar-refractivity contribution is 6.33. The molecule has 0 amide bonds. The summed E-state index contributed by atoms with van der Waals surface area (Å²) in [5.74, 6) is -0.776. The van der Waals surface area contributed by atoms with Crippen LogP contribution in [-0.4, -0.2) is 32.3 Å². The van der Waals surface area contributed by atoms with Gasteiger partial charge < -0.3 is 14.8 Å². The van der Waals surface area contributed by atoms with Gasteiger partial charge in [0, 0.05) is 6.54 Å². The number of benzene rings is 1. The zero-order valence-corrected chi connectivity index (χ0v) is 10.8. The van der Waals surface area contributed by atoms with Crippen molar-refractivity contribution in [2.45, 2.75) is 6.92 Å². The minimum Gasteiger partial charge on any atom is -0.464 e. The van der Waals surface area contributed by atoms with Crippen LogP contribution in [0.3, 0.4) is 0 Å². The lowest BCUT2D eigenvalue weighted by molar-refractivity contribution is -0.148. The molecule has 0 radical (unpaired) electrons. The number of hydrogen-bond acceptors (Lipinski definition) is 4. The van der Waals surface area contributed by atoms with Crippen molar-refractivity contribution in [1.29, 1.82) is 0 Å². The molecule has 1 aromatic rings. The van der Waals surface area contributed by atoms with Gasteiger partial charge in [0.2, 0.25) is 0 Å². The molecular formula is C12H15ClFNO3. The smallest absolute Gasteiger partial charge is 0.332 e. The number of anilines is 1. The van der Waals surface area contributed by atoms with Crippen molar-refractivity contribution in [3.63, 3.8) is 0 Å². The Morgan fingerprint density at radius 1 is 1.50 bits per heavy atom. The third-order valence-corrected chi connectivity index (χ3v) is 2.33. The summed E-state index contributed by atoms with van der Waals surface area (Å²) in [7, 11) is 0. The lowest BCUT2D eigenvalue weighted by Gasteiger charge is -2.08. The van der Waals surface area contributed by atoms with E-state index in [9.17, 15) is 9.18 Å². The van der Waals surface area contributed by atoms with Gasteiger partial charge >= 0.3 is 5.97 Å². The van der Waals surface area contributed by atoms with Crippen molar-refractivity contribution in [2.24, 2.45) is 0 Å². The van der Waals surface area contributed by atoms with E-state index in [1.807, 2.05) is 0 Å². The first kappa shape index (κ1) is 14.7. The molecule has 0 saturated carbocycles. The Morgan fingerprint density at radius 3 is 2.94 bits per heavy atom. The van der Waals surface area contributed by atoms with E-state index in [-0.39, 0.29) is 12.4 Å². The highest BCUT2D eigenvalue weighted by Crippen LogP contribution is 2.21. The Morgan fingerprint density at radius 2 is 2.28 bits per heavy atom. The van der Waals surface area contributed by atoms with Gasteiger partial charge in [-0.15, -0.1) is 0 Å². The maximum absolute atomic E-state index is 12.8. The number of esters is 1. The topological polar surface area (TPSA) is 47.6 Å². The third-order valence-electron chi connectivity index (χ3n) is 2.02. The Hall–Kier alpha value is -1.33. The van der Waals surface area contributed by atoms with Crippen LogP contribution in [0.15, 0.2) is 18.2 Å². The van der Waals surface area contributed by atoms with Crippen molar-refractivity contribution in [3.8, 4) is 0 Å². The molecule has 6 heteroatoms. The van der Waals surface area contributed by atoms with E-state index in [0.717, 1.165) is 0 Å². The van der Waals surface area contributed by atoms with E-state index in [1.165, 1.54) is 12.1 Å². The van der Waals surface area contributed by atoms with Gasteiger partial charge in [-0.25, -0.2) is 9.18 Å². The number of hydrogen-bond donors (Lipinski definition) is 1. The van der Waals surface area contributed by atoms with Crippen LogP contribution in [0.1, 0.15) is 6.92 Å². The summed E-state index contributed by atoms with van der Waals surface area (Å²) in [5.41, 5.74) is 0.623. The average Bonchev–Trinajstić information content (AvgIpc) is 2.31. The Kier molecular flexibility index (Phi) is 6.46. The summed E-state index contributed by atoms with van der Waals surface area (Å²) in [6.45, 7) is 2.78. The van der Waals surface area contributed by atoms with Crippen LogP contribution >= 0.6 is 11.6 Å². The average molecular weight is 276 g/mol. The predicted octanol–water partition coefficient (Wildman–Crippen LogP) is 2.47. The largest absolute Gasteiger partial charge is 0.464 e. The molecule has 0 aliphatic rings. The Balaban J connectivity index is 2.20. The van der Waals surface area contributed by atoms with Crippen molar-refractivity contribution < 1.29 is 18.7 Å². The van der Waals surface area contributed by atoms with E-state index in [2.05, 4.69) is 5.32 Å². The monoisotopic (exact) mass is 275 g/mol. The lowest BCUT2D eigenvalue weighted by atomic mass is 10.3. The van der Waals surface area contributed by atoms with E-state index >= 15 is 0 Å². The molecule has 0 aliphatic heterocycles. The summed E-state index contributed by atoms with van der Waals surface area (Å²) in [4.78, 5) is 10.9. The number of carbonyl (C=O) groups excluding carboxylic acids is 1. The quantitative estimate of drug-likeness (QED) is 0.613. The molecule has 0 spiro atoms.